The second kappa shape index (κ2) is 10.4. The molecule has 0 saturated heterocycles. The van der Waals surface area contributed by atoms with E-state index in [0.717, 1.165) is 12.6 Å². The van der Waals surface area contributed by atoms with E-state index in [9.17, 15) is 25.2 Å². The number of benzene rings is 1. The first-order valence-electron chi connectivity index (χ1n) is 12.2. The molecule has 0 unspecified atom stereocenters. The molecule has 2 rings (SSSR count). The molecule has 224 valence electrons. The van der Waals surface area contributed by atoms with E-state index in [1.54, 1.807) is 0 Å². The van der Waals surface area contributed by atoms with Crippen molar-refractivity contribution in [3.63, 3.8) is 0 Å². The summed E-state index contributed by atoms with van der Waals surface area (Å²) >= 11 is 13.0. The van der Waals surface area contributed by atoms with Crippen LogP contribution in [-0.2, 0) is 12.6 Å². The van der Waals surface area contributed by atoms with Crippen molar-refractivity contribution in [3.05, 3.63) is 28.5 Å². The molecular weight excluding hydrogens is 606 g/mol. The van der Waals surface area contributed by atoms with Gasteiger partial charge in [0.25, 0.3) is 0 Å². The third-order valence-electron chi connectivity index (χ3n) is 5.74. The molecular formula is C25H43Cl2F6N2P3. The summed E-state index contributed by atoms with van der Waals surface area (Å²) in [5.41, 5.74) is 2.38. The van der Waals surface area contributed by atoms with Gasteiger partial charge < -0.3 is 0 Å². The number of fused-ring (bicyclic) bond motifs is 1. The number of nitrogens with zero attached hydrogens (tertiary/aromatic N) is 2. The Balaban J connectivity index is 0.000000905. The third-order valence-corrected chi connectivity index (χ3v) is 14.1. The Kier molecular flexibility index (Phi) is 9.94. The summed E-state index contributed by atoms with van der Waals surface area (Å²) in [5.74, 6) is 0. The van der Waals surface area contributed by atoms with Crippen molar-refractivity contribution >= 4 is 57.9 Å². The summed E-state index contributed by atoms with van der Waals surface area (Å²) in [6.45, 7) is 28.6. The average molecular weight is 649 g/mol. The SMILES string of the molecule is CC(C)(C)P(Cn1c[n+](CP(C(C)(C)C)C(C)(C)C)c2cc(Cl)c(Cl)cc21)C(C)(C)C.F[P-](F)(F)(F)(F)F. The molecule has 38 heavy (non-hydrogen) atoms. The van der Waals surface area contributed by atoms with Crippen molar-refractivity contribution in [3.8, 4) is 0 Å². The molecule has 0 spiro atoms. The van der Waals surface area contributed by atoms with Crippen LogP contribution >= 0.6 is 46.9 Å². The molecule has 0 aliphatic carbocycles. The van der Waals surface area contributed by atoms with Gasteiger partial charge in [0.2, 0.25) is 6.33 Å². The number of hydrogen-bond acceptors (Lipinski definition) is 0. The quantitative estimate of drug-likeness (QED) is 0.177. The van der Waals surface area contributed by atoms with Gasteiger partial charge >= 0.3 is 33.0 Å². The fourth-order valence-electron chi connectivity index (χ4n) is 4.67. The van der Waals surface area contributed by atoms with Gasteiger partial charge in [0.05, 0.1) is 10.0 Å². The van der Waals surface area contributed by atoms with Crippen molar-refractivity contribution < 1.29 is 29.7 Å². The van der Waals surface area contributed by atoms with Crippen molar-refractivity contribution in [2.24, 2.45) is 0 Å². The predicted octanol–water partition coefficient (Wildman–Crippen LogP) is 12.7. The van der Waals surface area contributed by atoms with Crippen LogP contribution in [0.3, 0.4) is 0 Å². The Labute approximate surface area is 236 Å². The fourth-order valence-corrected chi connectivity index (χ4v) is 11.8. The summed E-state index contributed by atoms with van der Waals surface area (Å²) in [6.07, 6.45) is 4.37. The third kappa shape index (κ3) is 12.3. The molecule has 0 aliphatic rings. The van der Waals surface area contributed by atoms with Crippen LogP contribution in [0.25, 0.3) is 11.0 Å². The zero-order chi connectivity index (χ0) is 30.6. The van der Waals surface area contributed by atoms with E-state index < -0.39 is 7.81 Å². The number of rotatable bonds is 4. The first kappa shape index (κ1) is 36.2. The molecule has 1 heterocycles. The van der Waals surface area contributed by atoms with Gasteiger partial charge in [-0.2, -0.15) is 0 Å². The monoisotopic (exact) mass is 648 g/mol. The predicted molar refractivity (Wildman–Crippen MR) is 159 cm³/mol. The van der Waals surface area contributed by atoms with E-state index in [2.05, 4.69) is 111 Å². The Morgan fingerprint density at radius 2 is 1.03 bits per heavy atom. The van der Waals surface area contributed by atoms with Crippen LogP contribution in [0.15, 0.2) is 18.5 Å². The molecule has 2 aromatic rings. The van der Waals surface area contributed by atoms with E-state index in [1.165, 1.54) is 11.0 Å². The minimum absolute atomic E-state index is 0.259. The number of imidazole rings is 1. The summed E-state index contributed by atoms with van der Waals surface area (Å²) < 4.78 is 64.1. The van der Waals surface area contributed by atoms with E-state index in [4.69, 9.17) is 23.2 Å². The molecule has 13 heteroatoms. The van der Waals surface area contributed by atoms with Gasteiger partial charge in [0.1, 0.15) is 12.6 Å². The Morgan fingerprint density at radius 1 is 0.684 bits per heavy atom. The Morgan fingerprint density at radius 3 is 1.37 bits per heavy atom. The van der Waals surface area contributed by atoms with Crippen molar-refractivity contribution in [2.45, 2.75) is 116 Å². The zero-order valence-electron chi connectivity index (χ0n) is 24.4. The standard InChI is InChI=1S/C25H43Cl2N2P2.F6P/c1-22(2,3)30(23(4,5)6)16-28-15-29(17-31(24(7,8)9)25(10,11)12)21-14-19(27)18(26)13-20(21)28;1-7(2,3,4,5)6/h13-15H,16-17H2,1-12H3;/q+1;-1. The van der Waals surface area contributed by atoms with Crippen LogP contribution in [0.2, 0.25) is 10.0 Å². The Bertz CT molecular complexity index is 1020. The molecule has 1 aromatic heterocycles. The molecule has 0 amide bonds. The molecule has 0 fully saturated rings. The van der Waals surface area contributed by atoms with E-state index in [0.29, 0.717) is 10.0 Å². The maximum atomic E-state index is 9.87. The molecule has 0 atom stereocenters. The summed E-state index contributed by atoms with van der Waals surface area (Å²) in [5, 5.41) is 2.29. The Hall–Kier alpha value is 0.140. The maximum absolute atomic E-state index is 10.7. The number of halogens is 8. The van der Waals surface area contributed by atoms with Gasteiger partial charge in [-0.3, -0.25) is 0 Å². The fraction of sp³-hybridized carbons (Fsp3) is 0.720. The van der Waals surface area contributed by atoms with Gasteiger partial charge in [0, 0.05) is 12.1 Å². The molecule has 0 N–H and O–H groups in total. The zero-order valence-corrected chi connectivity index (χ0v) is 28.6. The van der Waals surface area contributed by atoms with Gasteiger partial charge in [-0.25, -0.2) is 9.13 Å². The summed E-state index contributed by atoms with van der Waals surface area (Å²) in [7, 11) is -11.2. The van der Waals surface area contributed by atoms with Crippen LogP contribution < -0.4 is 4.57 Å². The molecule has 0 bridgehead atoms. The topological polar surface area (TPSA) is 8.81 Å². The number of hydrogen-bond donors (Lipinski definition) is 0. The van der Waals surface area contributed by atoms with Gasteiger partial charge in [0.15, 0.2) is 11.0 Å². The van der Waals surface area contributed by atoms with Crippen LogP contribution in [-0.4, -0.2) is 25.2 Å². The van der Waals surface area contributed by atoms with Crippen LogP contribution in [0.4, 0.5) is 25.2 Å². The molecule has 1 aromatic carbocycles. The first-order chi connectivity index (χ1) is 16.2. The molecule has 0 radical (unpaired) electrons. The van der Waals surface area contributed by atoms with Crippen molar-refractivity contribution in [1.82, 2.24) is 4.57 Å². The molecule has 2 nitrogen and oxygen atoms in total. The van der Waals surface area contributed by atoms with Gasteiger partial charge in [-0.1, -0.05) is 122 Å². The van der Waals surface area contributed by atoms with E-state index >= 15 is 0 Å². The van der Waals surface area contributed by atoms with Crippen molar-refractivity contribution in [1.29, 1.82) is 0 Å². The van der Waals surface area contributed by atoms with Gasteiger partial charge in [-0.15, -0.1) is 0 Å². The minimum atomic E-state index is -10.7. The van der Waals surface area contributed by atoms with E-state index in [1.807, 2.05) is 0 Å². The molecule has 0 aliphatic heterocycles. The second-order valence-corrected chi connectivity index (χ2v) is 24.0. The van der Waals surface area contributed by atoms with Crippen LogP contribution in [0.5, 0.6) is 0 Å². The normalized spacial score (nSPS) is 15.9. The average Bonchev–Trinajstić information content (AvgIpc) is 2.88. The van der Waals surface area contributed by atoms with Gasteiger partial charge in [-0.05, 0) is 20.6 Å². The van der Waals surface area contributed by atoms with E-state index in [-0.39, 0.29) is 36.5 Å². The summed E-state index contributed by atoms with van der Waals surface area (Å²) in [6, 6.07) is 4.12. The summed E-state index contributed by atoms with van der Waals surface area (Å²) in [4.78, 5) is 0. The van der Waals surface area contributed by atoms with Crippen LogP contribution in [0, 0.1) is 0 Å². The molecule has 0 saturated carbocycles. The van der Waals surface area contributed by atoms with Crippen molar-refractivity contribution in [2.75, 3.05) is 0 Å². The first-order valence-corrected chi connectivity index (χ1v) is 18.0. The second-order valence-electron chi connectivity index (χ2n) is 13.6. The van der Waals surface area contributed by atoms with Crippen LogP contribution in [0.1, 0.15) is 83.1 Å². The number of aromatic nitrogens is 2.